The van der Waals surface area contributed by atoms with Crippen molar-refractivity contribution in [2.75, 3.05) is 14.1 Å². The first kappa shape index (κ1) is 17.4. The predicted molar refractivity (Wildman–Crippen MR) is 43.1 cm³/mol. The van der Waals surface area contributed by atoms with Gasteiger partial charge in [0, 0.05) is 24.4 Å². The first-order chi connectivity index (χ1) is 4.37. The van der Waals surface area contributed by atoms with E-state index in [0.717, 1.165) is 0 Å². The van der Waals surface area contributed by atoms with Gasteiger partial charge in [-0.25, -0.2) is 0 Å². The molecule has 0 fully saturated rings. The van der Waals surface area contributed by atoms with E-state index < -0.39 is 5.17 Å². The Labute approximate surface area is 96.9 Å². The Morgan fingerprint density at radius 3 is 1.36 bits per heavy atom. The molecule has 0 aromatic rings. The zero-order valence-corrected chi connectivity index (χ0v) is 13.5. The summed E-state index contributed by atoms with van der Waals surface area (Å²) in [7, 11) is 3.24. The van der Waals surface area contributed by atoms with Crippen molar-refractivity contribution in [1.82, 2.24) is 4.90 Å². The summed E-state index contributed by atoms with van der Waals surface area (Å²) in [5.74, 6) is 0. The van der Waals surface area contributed by atoms with Crippen molar-refractivity contribution < 1.29 is 37.9 Å². The molecule has 0 aromatic carbocycles. The molecule has 0 aliphatic carbocycles. The van der Waals surface area contributed by atoms with Crippen LogP contribution in [0.15, 0.2) is 0 Å². The molecule has 0 saturated carbocycles. The molecule has 0 aliphatic heterocycles. The van der Waals surface area contributed by atoms with Crippen molar-refractivity contribution in [2.45, 2.75) is 0 Å². The molecular weight excluding hydrogens is 373 g/mol. The fourth-order valence-corrected chi connectivity index (χ4v) is 0. The molecule has 0 heterocycles. The zero-order valence-electron chi connectivity index (χ0n) is 6.36. The monoisotopic (exact) mass is 382 g/mol. The maximum atomic E-state index is 9.88. The third kappa shape index (κ3) is 38.3. The van der Waals surface area contributed by atoms with Crippen LogP contribution in [0.1, 0.15) is 0 Å². The number of nitrogens with two attached hydrogens (primary N) is 1. The van der Waals surface area contributed by atoms with Gasteiger partial charge in [-0.15, -0.1) is 0 Å². The molecule has 0 atom stereocenters. The van der Waals surface area contributed by atoms with Gasteiger partial charge in [0.2, 0.25) is 0 Å². The molecule has 0 unspecified atom stereocenters. The Morgan fingerprint density at radius 1 is 1.27 bits per heavy atom. The molecule has 0 saturated heterocycles. The van der Waals surface area contributed by atoms with Crippen molar-refractivity contribution in [3.8, 4) is 0 Å². The quantitative estimate of drug-likeness (QED) is 0.379. The average molecular weight is 381 g/mol. The maximum Gasteiger partial charge on any atom is 2.00 e. The fraction of sp³-hybridized carbons (Fsp3) is 0.500. The van der Waals surface area contributed by atoms with Crippen LogP contribution in [-0.4, -0.2) is 29.3 Å². The Kier molecular flexibility index (Phi) is 16.3. The van der Waals surface area contributed by atoms with Gasteiger partial charge in [0.15, 0.2) is 0 Å². The van der Waals surface area contributed by atoms with E-state index >= 15 is 0 Å². The molecule has 0 aromatic heterocycles. The first-order valence-corrected chi connectivity index (χ1v) is 3.04. The number of nitrogens with zero attached hydrogens (tertiary/aromatic N) is 1. The molecule has 11 heavy (non-hydrogen) atoms. The van der Waals surface area contributed by atoms with Crippen molar-refractivity contribution >= 4 is 34.8 Å². The number of hydrogen-bond acceptors (Lipinski definition) is 4. The van der Waals surface area contributed by atoms with Crippen molar-refractivity contribution in [1.29, 1.82) is 0 Å². The largest absolute Gasteiger partial charge is 2.00 e. The molecule has 0 aliphatic rings. The van der Waals surface area contributed by atoms with Gasteiger partial charge < -0.3 is 20.8 Å². The average Bonchev–Trinajstić information content (AvgIpc) is 1.63. The molecule has 0 bridgehead atoms. The van der Waals surface area contributed by atoms with Gasteiger partial charge in [0.05, 0.1) is 0 Å². The summed E-state index contributed by atoms with van der Waals surface area (Å²) in [6, 6.07) is 0. The minimum atomic E-state index is -0.750. The van der Waals surface area contributed by atoms with E-state index in [-0.39, 0.29) is 32.8 Å². The second kappa shape index (κ2) is 10.3. The molecule has 0 rings (SSSR count). The third-order valence-electron chi connectivity index (χ3n) is 0.365. The number of rotatable bonds is 0. The van der Waals surface area contributed by atoms with Gasteiger partial charge in [-0.05, 0) is 0 Å². The Balaban J connectivity index is -0.000000114. The van der Waals surface area contributed by atoms with E-state index in [1.807, 2.05) is 0 Å². The van der Waals surface area contributed by atoms with Crippen LogP contribution in [0.3, 0.4) is 0 Å². The minimum Gasteiger partial charge on any atom is -0.852 e. The Hall–Kier alpha value is 0.315. The normalized spacial score (nSPS) is 6.36. The number of thiocarbonyl (C=S) groups is 2. The summed E-state index contributed by atoms with van der Waals surface area (Å²) in [6.07, 6.45) is 0. The summed E-state index contributed by atoms with van der Waals surface area (Å²) >= 11 is 7.95. The SMILES string of the molecule is CN(C)C([O-])=S.NC([O-])=S.[Hg+2]. The Bertz CT molecular complexity index is 127. The minimum absolute atomic E-state index is 0. The van der Waals surface area contributed by atoms with E-state index in [1.165, 1.54) is 4.90 Å². The third-order valence-corrected chi connectivity index (χ3v) is 0.730. The van der Waals surface area contributed by atoms with E-state index in [2.05, 4.69) is 30.2 Å². The van der Waals surface area contributed by atoms with Crippen LogP contribution in [0.5, 0.6) is 0 Å². The molecule has 4 nitrogen and oxygen atoms in total. The smallest absolute Gasteiger partial charge is 0.852 e. The number of hydrogen-bond donors (Lipinski definition) is 1. The van der Waals surface area contributed by atoms with Crippen molar-refractivity contribution in [2.24, 2.45) is 5.73 Å². The molecule has 0 radical (unpaired) electrons. The van der Waals surface area contributed by atoms with Crippen LogP contribution in [-0.2, 0) is 27.7 Å². The second-order valence-corrected chi connectivity index (χ2v) is 2.23. The predicted octanol–water partition coefficient (Wildman–Crippen LogP) is -2.22. The van der Waals surface area contributed by atoms with Gasteiger partial charge in [0.1, 0.15) is 0 Å². The van der Waals surface area contributed by atoms with Crippen LogP contribution in [0.2, 0.25) is 0 Å². The molecule has 60 valence electrons. The molecule has 2 N–H and O–H groups in total. The molecular formula is C4H8HgN2O2S2. The van der Waals surface area contributed by atoms with Gasteiger partial charge >= 0.3 is 27.7 Å². The summed E-state index contributed by atoms with van der Waals surface area (Å²) < 4.78 is 0. The van der Waals surface area contributed by atoms with E-state index in [1.54, 1.807) is 14.1 Å². The van der Waals surface area contributed by atoms with Crippen LogP contribution >= 0.6 is 24.4 Å². The van der Waals surface area contributed by atoms with Crippen LogP contribution in [0.4, 0.5) is 0 Å². The van der Waals surface area contributed by atoms with Crippen molar-refractivity contribution in [3.63, 3.8) is 0 Å². The zero-order chi connectivity index (χ0) is 8.73. The van der Waals surface area contributed by atoms with Gasteiger partial charge in [-0.2, -0.15) is 0 Å². The fourth-order valence-electron chi connectivity index (χ4n) is 0. The van der Waals surface area contributed by atoms with E-state index in [4.69, 9.17) is 5.11 Å². The van der Waals surface area contributed by atoms with Gasteiger partial charge in [-0.1, -0.05) is 24.4 Å². The summed E-state index contributed by atoms with van der Waals surface area (Å²) in [5, 5.41) is 17.8. The standard InChI is InChI=1S/C3H7NOS.CH3NOS.Hg/c1-4(2)3(5)6;2-1(3)4;/h1-2H3,(H,5,6);(H3,2,3,4);/q;;+2/p-2. The van der Waals surface area contributed by atoms with Gasteiger partial charge in [0.25, 0.3) is 0 Å². The maximum absolute atomic E-state index is 9.88. The second-order valence-electron chi connectivity index (χ2n) is 1.48. The van der Waals surface area contributed by atoms with Crippen LogP contribution in [0.25, 0.3) is 0 Å². The molecule has 0 amide bonds. The van der Waals surface area contributed by atoms with Gasteiger partial charge in [-0.3, -0.25) is 0 Å². The Morgan fingerprint density at radius 2 is 1.36 bits per heavy atom. The molecule has 0 spiro atoms. The summed E-state index contributed by atoms with van der Waals surface area (Å²) in [5.41, 5.74) is 4.29. The van der Waals surface area contributed by atoms with E-state index in [0.29, 0.717) is 0 Å². The summed E-state index contributed by atoms with van der Waals surface area (Å²) in [4.78, 5) is 1.34. The van der Waals surface area contributed by atoms with Crippen LogP contribution < -0.4 is 15.9 Å². The topological polar surface area (TPSA) is 75.4 Å². The summed E-state index contributed by atoms with van der Waals surface area (Å²) in [6.45, 7) is 0. The molecule has 7 heteroatoms. The van der Waals surface area contributed by atoms with Crippen molar-refractivity contribution in [3.05, 3.63) is 0 Å². The van der Waals surface area contributed by atoms with E-state index in [9.17, 15) is 5.11 Å². The van der Waals surface area contributed by atoms with Crippen LogP contribution in [0, 0.1) is 0 Å². The first-order valence-electron chi connectivity index (χ1n) is 2.22.